The molecule has 3 aromatic heterocycles. The van der Waals surface area contributed by atoms with Crippen LogP contribution >= 0.6 is 11.3 Å². The van der Waals surface area contributed by atoms with Gasteiger partial charge >= 0.3 is 6.09 Å². The number of anilines is 1. The standard InChI is InChI=1S/C24H24N6O3S/c1-15-10-17(30(2)29-15)14-27-24(32)33-18-6-7-19-20(12-25)23(34-21(19)11-18)28-22(31)8-5-16-4-3-9-26-13-16/h3-5,8-10,13,18H,6-7,11,14H2,1-2H3,(H,27,32)(H,28,31)/b8-5+. The summed E-state index contributed by atoms with van der Waals surface area (Å²) >= 11 is 1.36. The monoisotopic (exact) mass is 476 g/mol. The van der Waals surface area contributed by atoms with Crippen LogP contribution in [0.1, 0.15) is 39.4 Å². The first-order valence-electron chi connectivity index (χ1n) is 10.8. The molecule has 4 rings (SSSR count). The van der Waals surface area contributed by atoms with Crippen molar-refractivity contribution in [1.82, 2.24) is 20.1 Å². The fourth-order valence-electron chi connectivity index (χ4n) is 3.85. The average Bonchev–Trinajstić information content (AvgIpc) is 3.33. The van der Waals surface area contributed by atoms with Gasteiger partial charge in [-0.3, -0.25) is 14.5 Å². The van der Waals surface area contributed by atoms with E-state index in [-0.39, 0.29) is 12.0 Å². The molecule has 0 spiro atoms. The molecule has 34 heavy (non-hydrogen) atoms. The highest BCUT2D eigenvalue weighted by atomic mass is 32.1. The number of rotatable bonds is 6. The van der Waals surface area contributed by atoms with Crippen molar-refractivity contribution >= 4 is 34.4 Å². The summed E-state index contributed by atoms with van der Waals surface area (Å²) in [5.74, 6) is -0.323. The number of amides is 2. The normalized spacial score (nSPS) is 14.9. The zero-order valence-electron chi connectivity index (χ0n) is 18.9. The average molecular weight is 477 g/mol. The molecule has 1 atom stereocenters. The minimum Gasteiger partial charge on any atom is -0.446 e. The summed E-state index contributed by atoms with van der Waals surface area (Å²) in [5, 5.41) is 20.0. The first-order chi connectivity index (χ1) is 16.4. The van der Waals surface area contributed by atoms with E-state index in [0.717, 1.165) is 27.4 Å². The van der Waals surface area contributed by atoms with Gasteiger partial charge in [0.2, 0.25) is 5.91 Å². The largest absolute Gasteiger partial charge is 0.446 e. The number of hydrogen-bond acceptors (Lipinski definition) is 7. The smallest absolute Gasteiger partial charge is 0.407 e. The second-order valence-electron chi connectivity index (χ2n) is 7.95. The lowest BCUT2D eigenvalue weighted by atomic mass is 9.94. The highest BCUT2D eigenvalue weighted by Crippen LogP contribution is 2.38. The lowest BCUT2D eigenvalue weighted by molar-refractivity contribution is -0.111. The van der Waals surface area contributed by atoms with Gasteiger partial charge in [0.25, 0.3) is 0 Å². The number of nitrogens with zero attached hydrogens (tertiary/aromatic N) is 4. The number of nitriles is 1. The van der Waals surface area contributed by atoms with Crippen LogP contribution in [0.3, 0.4) is 0 Å². The summed E-state index contributed by atoms with van der Waals surface area (Å²) in [7, 11) is 1.83. The number of nitrogens with one attached hydrogen (secondary N) is 2. The minimum atomic E-state index is -0.488. The van der Waals surface area contributed by atoms with E-state index in [4.69, 9.17) is 4.74 Å². The highest BCUT2D eigenvalue weighted by Gasteiger charge is 2.28. The van der Waals surface area contributed by atoms with Crippen LogP contribution in [0.5, 0.6) is 0 Å². The van der Waals surface area contributed by atoms with Crippen molar-refractivity contribution in [2.24, 2.45) is 7.05 Å². The van der Waals surface area contributed by atoms with E-state index in [1.54, 1.807) is 29.2 Å². The van der Waals surface area contributed by atoms with Crippen molar-refractivity contribution in [2.45, 2.75) is 38.8 Å². The van der Waals surface area contributed by atoms with Gasteiger partial charge in [0.15, 0.2) is 0 Å². The fraction of sp³-hybridized carbons (Fsp3) is 0.292. The van der Waals surface area contributed by atoms with Gasteiger partial charge in [-0.25, -0.2) is 4.79 Å². The molecular formula is C24H24N6O3S. The molecular weight excluding hydrogens is 452 g/mol. The summed E-state index contributed by atoms with van der Waals surface area (Å²) in [6.07, 6.45) is 7.35. The van der Waals surface area contributed by atoms with Crippen molar-refractivity contribution in [3.8, 4) is 6.07 Å². The Hall–Kier alpha value is -3.97. The van der Waals surface area contributed by atoms with Gasteiger partial charge in [0.05, 0.1) is 23.5 Å². The Morgan fingerprint density at radius 1 is 1.44 bits per heavy atom. The summed E-state index contributed by atoms with van der Waals surface area (Å²) in [4.78, 5) is 29.6. The highest BCUT2D eigenvalue weighted by molar-refractivity contribution is 7.16. The van der Waals surface area contributed by atoms with Crippen molar-refractivity contribution in [1.29, 1.82) is 5.26 Å². The number of pyridine rings is 1. The van der Waals surface area contributed by atoms with Crippen LogP contribution in [0.4, 0.5) is 9.80 Å². The van der Waals surface area contributed by atoms with Gasteiger partial charge in [0.1, 0.15) is 17.2 Å². The molecule has 10 heteroatoms. The molecule has 0 fully saturated rings. The summed E-state index contributed by atoms with van der Waals surface area (Å²) < 4.78 is 7.33. The number of fused-ring (bicyclic) bond motifs is 1. The third kappa shape index (κ3) is 5.50. The second kappa shape index (κ2) is 10.3. The lowest BCUT2D eigenvalue weighted by Gasteiger charge is -2.22. The van der Waals surface area contributed by atoms with Gasteiger partial charge in [-0.2, -0.15) is 10.4 Å². The maximum Gasteiger partial charge on any atom is 0.407 e. The molecule has 0 aromatic carbocycles. The molecule has 3 heterocycles. The van der Waals surface area contributed by atoms with Gasteiger partial charge in [-0.15, -0.1) is 11.3 Å². The van der Waals surface area contributed by atoms with Crippen LogP contribution in [-0.2, 0) is 36.0 Å². The number of carbonyl (C=O) groups excluding carboxylic acids is 2. The number of carbonyl (C=O) groups is 2. The summed E-state index contributed by atoms with van der Waals surface area (Å²) in [5.41, 5.74) is 3.98. The summed E-state index contributed by atoms with van der Waals surface area (Å²) in [6, 6.07) is 7.76. The number of thiophene rings is 1. The van der Waals surface area contributed by atoms with Crippen molar-refractivity contribution in [3.63, 3.8) is 0 Å². The maximum absolute atomic E-state index is 12.4. The number of aryl methyl sites for hydroxylation is 2. The Labute approximate surface area is 201 Å². The second-order valence-corrected chi connectivity index (χ2v) is 9.06. The minimum absolute atomic E-state index is 0.292. The van der Waals surface area contributed by atoms with Crippen molar-refractivity contribution in [3.05, 3.63) is 69.6 Å². The van der Waals surface area contributed by atoms with Gasteiger partial charge < -0.3 is 15.4 Å². The van der Waals surface area contributed by atoms with E-state index >= 15 is 0 Å². The molecule has 9 nitrogen and oxygen atoms in total. The molecule has 1 aliphatic rings. The predicted molar refractivity (Wildman–Crippen MR) is 128 cm³/mol. The zero-order valence-corrected chi connectivity index (χ0v) is 19.7. The van der Waals surface area contributed by atoms with E-state index in [1.807, 2.05) is 26.1 Å². The van der Waals surface area contributed by atoms with Crippen LogP contribution in [0.25, 0.3) is 6.08 Å². The Balaban J connectivity index is 1.36. The van der Waals surface area contributed by atoms with E-state index in [1.165, 1.54) is 17.4 Å². The van der Waals surface area contributed by atoms with E-state index in [2.05, 4.69) is 26.8 Å². The Morgan fingerprint density at radius 3 is 3.00 bits per heavy atom. The van der Waals surface area contributed by atoms with Crippen LogP contribution < -0.4 is 10.6 Å². The Bertz CT molecular complexity index is 1270. The van der Waals surface area contributed by atoms with Crippen LogP contribution in [0.15, 0.2) is 36.7 Å². The van der Waals surface area contributed by atoms with Gasteiger partial charge in [-0.1, -0.05) is 6.07 Å². The molecule has 3 aromatic rings. The van der Waals surface area contributed by atoms with E-state index in [0.29, 0.717) is 36.4 Å². The number of aromatic nitrogens is 3. The number of ether oxygens (including phenoxy) is 1. The van der Waals surface area contributed by atoms with Crippen molar-refractivity contribution < 1.29 is 14.3 Å². The number of alkyl carbamates (subject to hydrolysis) is 1. The quantitative estimate of drug-likeness (QED) is 0.525. The zero-order chi connectivity index (χ0) is 24.1. The molecule has 2 N–H and O–H groups in total. The third-order valence-electron chi connectivity index (χ3n) is 5.47. The molecule has 1 aliphatic carbocycles. The van der Waals surface area contributed by atoms with Gasteiger partial charge in [0, 0.05) is 36.8 Å². The molecule has 2 amide bonds. The first kappa shape index (κ1) is 23.2. The fourth-order valence-corrected chi connectivity index (χ4v) is 5.11. The SMILES string of the molecule is Cc1cc(CNC(=O)OC2CCc3c(sc(NC(=O)/C=C/c4cccnc4)c3C#N)C2)n(C)n1. The molecule has 1 unspecified atom stereocenters. The van der Waals surface area contributed by atoms with E-state index in [9.17, 15) is 14.9 Å². The molecule has 0 saturated carbocycles. The molecule has 0 saturated heterocycles. The van der Waals surface area contributed by atoms with Crippen LogP contribution in [0, 0.1) is 18.3 Å². The van der Waals surface area contributed by atoms with Crippen molar-refractivity contribution in [2.75, 3.05) is 5.32 Å². The molecule has 174 valence electrons. The molecule has 0 radical (unpaired) electrons. The Morgan fingerprint density at radius 2 is 2.29 bits per heavy atom. The predicted octanol–water partition coefficient (Wildman–Crippen LogP) is 3.49. The van der Waals surface area contributed by atoms with Crippen LogP contribution in [0.2, 0.25) is 0 Å². The maximum atomic E-state index is 12.4. The summed E-state index contributed by atoms with van der Waals surface area (Å²) in [6.45, 7) is 2.22. The number of hydrogen-bond donors (Lipinski definition) is 2. The van der Waals surface area contributed by atoms with Crippen LogP contribution in [-0.4, -0.2) is 32.9 Å². The molecule has 0 aliphatic heterocycles. The van der Waals surface area contributed by atoms with Gasteiger partial charge in [-0.05, 0) is 49.1 Å². The third-order valence-corrected chi connectivity index (χ3v) is 6.64. The van der Waals surface area contributed by atoms with E-state index < -0.39 is 6.09 Å². The first-order valence-corrected chi connectivity index (χ1v) is 11.6. The Kier molecular flexibility index (Phi) is 7.04. The lowest BCUT2D eigenvalue weighted by Crippen LogP contribution is -2.32. The molecule has 0 bridgehead atoms. The topological polar surface area (TPSA) is 122 Å².